The third-order valence-corrected chi connectivity index (χ3v) is 4.54. The van der Waals surface area contributed by atoms with E-state index < -0.39 is 0 Å². The number of benzene rings is 2. The molecule has 3 amide bonds. The number of hydrogen-bond acceptors (Lipinski definition) is 3. The zero-order chi connectivity index (χ0) is 19.2. The second-order valence-corrected chi connectivity index (χ2v) is 6.62. The van der Waals surface area contributed by atoms with Gasteiger partial charge in [-0.15, -0.1) is 0 Å². The van der Waals surface area contributed by atoms with Crippen molar-refractivity contribution >= 4 is 35.0 Å². The minimum absolute atomic E-state index is 0.0126. The molecule has 1 aliphatic heterocycles. The first kappa shape index (κ1) is 18.9. The maximum Gasteiger partial charge on any atom is 0.253 e. The number of halogens is 1. The Balaban J connectivity index is 1.58. The fourth-order valence-electron chi connectivity index (χ4n) is 2.96. The normalized spacial score (nSPS) is 13.5. The second kappa shape index (κ2) is 8.68. The van der Waals surface area contributed by atoms with Crippen LogP contribution in [0.5, 0.6) is 0 Å². The summed E-state index contributed by atoms with van der Waals surface area (Å²) in [5, 5.41) is 5.99. The largest absolute Gasteiger partial charge is 0.350 e. The Kier molecular flexibility index (Phi) is 6.08. The molecule has 140 valence electrons. The van der Waals surface area contributed by atoms with Gasteiger partial charge >= 0.3 is 0 Å². The van der Waals surface area contributed by atoms with Gasteiger partial charge in [0.2, 0.25) is 5.91 Å². The summed E-state index contributed by atoms with van der Waals surface area (Å²) in [5.41, 5.74) is 1.48. The average molecular weight is 386 g/mol. The molecule has 0 unspecified atom stereocenters. The summed E-state index contributed by atoms with van der Waals surface area (Å²) in [5.74, 6) is -0.517. The van der Waals surface area contributed by atoms with Crippen molar-refractivity contribution in [3.63, 3.8) is 0 Å². The third-order valence-electron chi connectivity index (χ3n) is 4.30. The van der Waals surface area contributed by atoms with Crippen LogP contribution in [0.15, 0.2) is 48.5 Å². The first-order chi connectivity index (χ1) is 13.1. The highest BCUT2D eigenvalue weighted by Crippen LogP contribution is 2.28. The van der Waals surface area contributed by atoms with Crippen molar-refractivity contribution in [3.05, 3.63) is 64.7 Å². The Hall–Kier alpha value is -2.86. The zero-order valence-electron chi connectivity index (χ0n) is 14.7. The Morgan fingerprint density at radius 2 is 1.70 bits per heavy atom. The van der Waals surface area contributed by atoms with Crippen LogP contribution in [0.2, 0.25) is 5.02 Å². The molecule has 7 heteroatoms. The number of hydrogen-bond donors (Lipinski definition) is 2. The lowest BCUT2D eigenvalue weighted by Gasteiger charge is -2.19. The molecular formula is C20H20ClN3O3. The van der Waals surface area contributed by atoms with E-state index in [2.05, 4.69) is 10.6 Å². The van der Waals surface area contributed by atoms with Gasteiger partial charge in [0.05, 0.1) is 11.3 Å². The Morgan fingerprint density at radius 1 is 1.00 bits per heavy atom. The van der Waals surface area contributed by atoms with E-state index in [1.165, 1.54) is 0 Å². The minimum atomic E-state index is -0.310. The molecule has 2 aromatic rings. The van der Waals surface area contributed by atoms with Gasteiger partial charge < -0.3 is 15.5 Å². The lowest BCUT2D eigenvalue weighted by atomic mass is 10.1. The molecule has 0 aliphatic carbocycles. The van der Waals surface area contributed by atoms with E-state index in [1.54, 1.807) is 47.4 Å². The Morgan fingerprint density at radius 3 is 2.37 bits per heavy atom. The fraction of sp³-hybridized carbons (Fsp3) is 0.250. The summed E-state index contributed by atoms with van der Waals surface area (Å²) in [4.78, 5) is 38.2. The number of nitrogens with one attached hydrogen (secondary N) is 2. The van der Waals surface area contributed by atoms with Gasteiger partial charge in [-0.3, -0.25) is 14.4 Å². The molecule has 1 heterocycles. The molecule has 0 spiro atoms. The SMILES string of the molecule is O=C(NCCNC(=O)c1ccc(Cl)cc1N1CCCC1=O)c1ccccc1. The standard InChI is InChI=1S/C20H20ClN3O3/c21-15-8-9-16(17(13-15)24-12-4-7-18(24)25)20(27)23-11-10-22-19(26)14-5-2-1-3-6-14/h1-3,5-6,8-9,13H,4,7,10-12H2,(H,22,26)(H,23,27). The molecule has 3 rings (SSSR count). The van der Waals surface area contributed by atoms with Crippen molar-refractivity contribution in [2.24, 2.45) is 0 Å². The number of rotatable bonds is 6. The highest BCUT2D eigenvalue weighted by atomic mass is 35.5. The molecule has 0 saturated carbocycles. The Labute approximate surface area is 162 Å². The van der Waals surface area contributed by atoms with Crippen molar-refractivity contribution in [1.29, 1.82) is 0 Å². The van der Waals surface area contributed by atoms with Gasteiger partial charge in [-0.2, -0.15) is 0 Å². The maximum absolute atomic E-state index is 12.5. The smallest absolute Gasteiger partial charge is 0.253 e. The van der Waals surface area contributed by atoms with Crippen LogP contribution in [-0.2, 0) is 4.79 Å². The fourth-order valence-corrected chi connectivity index (χ4v) is 3.13. The average Bonchev–Trinajstić information content (AvgIpc) is 3.11. The van der Waals surface area contributed by atoms with Crippen molar-refractivity contribution in [2.75, 3.05) is 24.5 Å². The molecule has 0 bridgehead atoms. The summed E-state index contributed by atoms with van der Waals surface area (Å²) >= 11 is 6.05. The van der Waals surface area contributed by atoms with Gasteiger partial charge in [0.1, 0.15) is 0 Å². The van der Waals surface area contributed by atoms with E-state index in [9.17, 15) is 14.4 Å². The van der Waals surface area contributed by atoms with Crippen molar-refractivity contribution in [1.82, 2.24) is 10.6 Å². The molecular weight excluding hydrogens is 366 g/mol. The predicted molar refractivity (Wildman–Crippen MR) is 104 cm³/mol. The number of amides is 3. The highest BCUT2D eigenvalue weighted by Gasteiger charge is 2.26. The summed E-state index contributed by atoms with van der Waals surface area (Å²) < 4.78 is 0. The van der Waals surface area contributed by atoms with Crippen LogP contribution in [0.25, 0.3) is 0 Å². The third kappa shape index (κ3) is 4.65. The monoisotopic (exact) mass is 385 g/mol. The van der Waals surface area contributed by atoms with Gasteiger partial charge in [0.25, 0.3) is 11.8 Å². The molecule has 1 saturated heterocycles. The van der Waals surface area contributed by atoms with Gasteiger partial charge in [-0.25, -0.2) is 0 Å². The first-order valence-corrected chi connectivity index (χ1v) is 9.15. The van der Waals surface area contributed by atoms with Gasteiger partial charge in [-0.1, -0.05) is 29.8 Å². The van der Waals surface area contributed by atoms with Crippen LogP contribution in [0.1, 0.15) is 33.6 Å². The number of anilines is 1. The van der Waals surface area contributed by atoms with E-state index in [4.69, 9.17) is 11.6 Å². The van der Waals surface area contributed by atoms with Crippen molar-refractivity contribution < 1.29 is 14.4 Å². The summed E-state index contributed by atoms with van der Waals surface area (Å²) in [6.45, 7) is 1.14. The molecule has 2 N–H and O–H groups in total. The van der Waals surface area contributed by atoms with Crippen LogP contribution in [0.4, 0.5) is 5.69 Å². The zero-order valence-corrected chi connectivity index (χ0v) is 15.5. The number of carbonyl (C=O) groups excluding carboxylic acids is 3. The molecule has 6 nitrogen and oxygen atoms in total. The molecule has 0 radical (unpaired) electrons. The first-order valence-electron chi connectivity index (χ1n) is 8.77. The molecule has 1 aliphatic rings. The molecule has 2 aromatic carbocycles. The van der Waals surface area contributed by atoms with Crippen LogP contribution >= 0.6 is 11.6 Å². The second-order valence-electron chi connectivity index (χ2n) is 6.19. The summed E-state index contributed by atoms with van der Waals surface area (Å²) in [7, 11) is 0. The topological polar surface area (TPSA) is 78.5 Å². The summed E-state index contributed by atoms with van der Waals surface area (Å²) in [6, 6.07) is 13.7. The summed E-state index contributed by atoms with van der Waals surface area (Å²) in [6.07, 6.45) is 1.23. The number of carbonyl (C=O) groups is 3. The van der Waals surface area contributed by atoms with Gasteiger partial charge in [0, 0.05) is 36.6 Å². The van der Waals surface area contributed by atoms with E-state index in [0.29, 0.717) is 41.3 Å². The van der Waals surface area contributed by atoms with Crippen molar-refractivity contribution in [3.8, 4) is 0 Å². The van der Waals surface area contributed by atoms with Crippen LogP contribution < -0.4 is 15.5 Å². The van der Waals surface area contributed by atoms with Crippen LogP contribution in [0, 0.1) is 0 Å². The lowest BCUT2D eigenvalue weighted by molar-refractivity contribution is -0.117. The molecule has 1 fully saturated rings. The lowest BCUT2D eigenvalue weighted by Crippen LogP contribution is -2.35. The molecule has 27 heavy (non-hydrogen) atoms. The molecule has 0 aromatic heterocycles. The predicted octanol–water partition coefficient (Wildman–Crippen LogP) is 2.63. The van der Waals surface area contributed by atoms with Gasteiger partial charge in [-0.05, 0) is 36.8 Å². The molecule has 0 atom stereocenters. The van der Waals surface area contributed by atoms with E-state index >= 15 is 0 Å². The minimum Gasteiger partial charge on any atom is -0.350 e. The maximum atomic E-state index is 12.5. The number of nitrogens with zero attached hydrogens (tertiary/aromatic N) is 1. The van der Waals surface area contributed by atoms with Crippen LogP contribution in [-0.4, -0.2) is 37.4 Å². The van der Waals surface area contributed by atoms with E-state index in [1.807, 2.05) is 6.07 Å². The van der Waals surface area contributed by atoms with Crippen molar-refractivity contribution in [2.45, 2.75) is 12.8 Å². The Bertz CT molecular complexity index is 855. The quantitative estimate of drug-likeness (QED) is 0.750. The highest BCUT2D eigenvalue weighted by molar-refractivity contribution is 6.31. The van der Waals surface area contributed by atoms with Gasteiger partial charge in [0.15, 0.2) is 0 Å². The van der Waals surface area contributed by atoms with Crippen LogP contribution in [0.3, 0.4) is 0 Å². The van der Waals surface area contributed by atoms with E-state index in [0.717, 1.165) is 6.42 Å². The van der Waals surface area contributed by atoms with E-state index in [-0.39, 0.29) is 24.3 Å².